The van der Waals surface area contributed by atoms with E-state index in [0.29, 0.717) is 0 Å². The molecule has 108 valence electrons. The smallest absolute Gasteiger partial charge is 0.183 e. The SMILES string of the molecule is CNc1ncc(CNc2nc(Cc3ccccc3)cs2)s1. The van der Waals surface area contributed by atoms with Gasteiger partial charge in [-0.05, 0) is 5.56 Å². The molecule has 0 amide bonds. The zero-order chi connectivity index (χ0) is 14.5. The Bertz CT molecular complexity index is 691. The van der Waals surface area contributed by atoms with Crippen LogP contribution in [-0.2, 0) is 13.0 Å². The molecule has 0 radical (unpaired) electrons. The fraction of sp³-hybridized carbons (Fsp3) is 0.200. The van der Waals surface area contributed by atoms with Crippen LogP contribution in [-0.4, -0.2) is 17.0 Å². The largest absolute Gasteiger partial charge is 0.365 e. The van der Waals surface area contributed by atoms with Crippen molar-refractivity contribution in [1.29, 1.82) is 0 Å². The van der Waals surface area contributed by atoms with Gasteiger partial charge in [-0.25, -0.2) is 9.97 Å². The van der Waals surface area contributed by atoms with Gasteiger partial charge in [0, 0.05) is 29.9 Å². The summed E-state index contributed by atoms with van der Waals surface area (Å²) >= 11 is 3.30. The predicted molar refractivity (Wildman–Crippen MR) is 90.3 cm³/mol. The van der Waals surface area contributed by atoms with Crippen LogP contribution in [0.2, 0.25) is 0 Å². The van der Waals surface area contributed by atoms with E-state index in [1.807, 2.05) is 19.3 Å². The lowest BCUT2D eigenvalue weighted by Crippen LogP contribution is -1.97. The number of hydrogen-bond donors (Lipinski definition) is 2. The van der Waals surface area contributed by atoms with Gasteiger partial charge in [-0.1, -0.05) is 30.3 Å². The average Bonchev–Trinajstić information content (AvgIpc) is 3.15. The number of thiazole rings is 2. The molecule has 3 rings (SSSR count). The van der Waals surface area contributed by atoms with Crippen LogP contribution < -0.4 is 10.6 Å². The van der Waals surface area contributed by atoms with E-state index in [1.54, 1.807) is 22.7 Å². The fourth-order valence-electron chi connectivity index (χ4n) is 1.94. The first-order chi connectivity index (χ1) is 10.3. The lowest BCUT2D eigenvalue weighted by atomic mass is 10.1. The molecule has 21 heavy (non-hydrogen) atoms. The minimum absolute atomic E-state index is 0.762. The molecule has 0 saturated heterocycles. The second kappa shape index (κ2) is 6.69. The van der Waals surface area contributed by atoms with Crippen molar-refractivity contribution in [2.75, 3.05) is 17.7 Å². The Kier molecular flexibility index (Phi) is 4.47. The molecule has 0 unspecified atom stereocenters. The molecule has 2 N–H and O–H groups in total. The normalized spacial score (nSPS) is 10.5. The summed E-state index contributed by atoms with van der Waals surface area (Å²) in [5.74, 6) is 0. The zero-order valence-corrected chi connectivity index (χ0v) is 13.3. The van der Waals surface area contributed by atoms with Gasteiger partial charge >= 0.3 is 0 Å². The minimum Gasteiger partial charge on any atom is -0.365 e. The van der Waals surface area contributed by atoms with Crippen LogP contribution in [0.15, 0.2) is 41.9 Å². The summed E-state index contributed by atoms with van der Waals surface area (Å²) in [6.07, 6.45) is 2.77. The Morgan fingerprint density at radius 1 is 1.14 bits per heavy atom. The van der Waals surface area contributed by atoms with Crippen LogP contribution in [0, 0.1) is 0 Å². The number of nitrogens with one attached hydrogen (secondary N) is 2. The Morgan fingerprint density at radius 2 is 2.00 bits per heavy atom. The molecule has 2 aromatic heterocycles. The van der Waals surface area contributed by atoms with E-state index in [2.05, 4.69) is 50.2 Å². The number of hydrogen-bond acceptors (Lipinski definition) is 6. The Labute approximate surface area is 131 Å². The molecule has 1 aromatic carbocycles. The van der Waals surface area contributed by atoms with Crippen molar-refractivity contribution in [2.24, 2.45) is 0 Å². The standard InChI is InChI=1S/C15H16N4S2/c1-16-14-17-8-13(21-14)9-18-15-19-12(10-20-15)7-11-5-3-2-4-6-11/h2-6,8,10H,7,9H2,1H3,(H,16,17)(H,18,19). The summed E-state index contributed by atoms with van der Waals surface area (Å²) in [6, 6.07) is 10.4. The van der Waals surface area contributed by atoms with Crippen molar-refractivity contribution >= 4 is 32.9 Å². The molecule has 0 fully saturated rings. The molecule has 0 aliphatic rings. The van der Waals surface area contributed by atoms with Crippen LogP contribution in [0.5, 0.6) is 0 Å². The van der Waals surface area contributed by atoms with Gasteiger partial charge in [0.15, 0.2) is 10.3 Å². The van der Waals surface area contributed by atoms with Crippen LogP contribution in [0.4, 0.5) is 10.3 Å². The molecular formula is C15H16N4S2. The molecule has 2 heterocycles. The van der Waals surface area contributed by atoms with Gasteiger partial charge < -0.3 is 10.6 Å². The second-order valence-electron chi connectivity index (χ2n) is 4.54. The van der Waals surface area contributed by atoms with Gasteiger partial charge in [0.05, 0.1) is 12.2 Å². The Morgan fingerprint density at radius 3 is 2.76 bits per heavy atom. The predicted octanol–water partition coefficient (Wildman–Crippen LogP) is 3.84. The molecule has 3 aromatic rings. The van der Waals surface area contributed by atoms with Crippen molar-refractivity contribution in [3.8, 4) is 0 Å². The topological polar surface area (TPSA) is 49.8 Å². The van der Waals surface area contributed by atoms with Crippen molar-refractivity contribution in [3.05, 3.63) is 58.0 Å². The van der Waals surface area contributed by atoms with E-state index in [0.717, 1.165) is 28.9 Å². The molecule has 0 aliphatic heterocycles. The monoisotopic (exact) mass is 316 g/mol. The number of benzene rings is 1. The van der Waals surface area contributed by atoms with E-state index in [-0.39, 0.29) is 0 Å². The molecular weight excluding hydrogens is 300 g/mol. The van der Waals surface area contributed by atoms with Crippen molar-refractivity contribution in [2.45, 2.75) is 13.0 Å². The second-order valence-corrected chi connectivity index (χ2v) is 6.51. The highest BCUT2D eigenvalue weighted by Gasteiger charge is 2.04. The third kappa shape index (κ3) is 3.80. The highest BCUT2D eigenvalue weighted by molar-refractivity contribution is 7.15. The number of anilines is 2. The lowest BCUT2D eigenvalue weighted by molar-refractivity contribution is 1.08. The summed E-state index contributed by atoms with van der Waals surface area (Å²) in [7, 11) is 1.88. The van der Waals surface area contributed by atoms with E-state index in [9.17, 15) is 0 Å². The van der Waals surface area contributed by atoms with Gasteiger partial charge in [-0.3, -0.25) is 0 Å². The van der Waals surface area contributed by atoms with Gasteiger partial charge in [0.2, 0.25) is 0 Å². The van der Waals surface area contributed by atoms with E-state index in [4.69, 9.17) is 0 Å². The number of rotatable bonds is 6. The lowest BCUT2D eigenvalue weighted by Gasteiger charge is -1.99. The zero-order valence-electron chi connectivity index (χ0n) is 11.7. The minimum atomic E-state index is 0.762. The van der Waals surface area contributed by atoms with Crippen molar-refractivity contribution in [1.82, 2.24) is 9.97 Å². The molecule has 6 heteroatoms. The maximum absolute atomic E-state index is 4.62. The fourth-order valence-corrected chi connectivity index (χ4v) is 3.36. The Balaban J connectivity index is 1.57. The summed E-state index contributed by atoms with van der Waals surface area (Å²) in [5, 5.41) is 10.4. The number of aromatic nitrogens is 2. The maximum atomic E-state index is 4.62. The molecule has 0 aliphatic carbocycles. The highest BCUT2D eigenvalue weighted by atomic mass is 32.1. The van der Waals surface area contributed by atoms with Gasteiger partial charge in [0.25, 0.3) is 0 Å². The summed E-state index contributed by atoms with van der Waals surface area (Å²) in [4.78, 5) is 10.1. The highest BCUT2D eigenvalue weighted by Crippen LogP contribution is 2.21. The summed E-state index contributed by atoms with van der Waals surface area (Å²) in [6.45, 7) is 0.762. The average molecular weight is 316 g/mol. The first-order valence-corrected chi connectivity index (χ1v) is 8.38. The Hall–Kier alpha value is -1.92. The van der Waals surface area contributed by atoms with Crippen LogP contribution in [0.3, 0.4) is 0 Å². The van der Waals surface area contributed by atoms with Crippen LogP contribution in [0.1, 0.15) is 16.1 Å². The molecule has 0 bridgehead atoms. The molecule has 4 nitrogen and oxygen atoms in total. The molecule has 0 atom stereocenters. The van der Waals surface area contributed by atoms with E-state index >= 15 is 0 Å². The van der Waals surface area contributed by atoms with Gasteiger partial charge in [0.1, 0.15) is 0 Å². The van der Waals surface area contributed by atoms with Crippen LogP contribution >= 0.6 is 22.7 Å². The van der Waals surface area contributed by atoms with Gasteiger partial charge in [-0.15, -0.1) is 22.7 Å². The summed E-state index contributed by atoms with van der Waals surface area (Å²) < 4.78 is 0. The van der Waals surface area contributed by atoms with E-state index < -0.39 is 0 Å². The maximum Gasteiger partial charge on any atom is 0.183 e. The summed E-state index contributed by atoms with van der Waals surface area (Å²) in [5.41, 5.74) is 2.39. The van der Waals surface area contributed by atoms with Crippen molar-refractivity contribution in [3.63, 3.8) is 0 Å². The molecule has 0 saturated carbocycles. The third-order valence-electron chi connectivity index (χ3n) is 2.96. The van der Waals surface area contributed by atoms with Crippen molar-refractivity contribution < 1.29 is 0 Å². The quantitative estimate of drug-likeness (QED) is 0.725. The van der Waals surface area contributed by atoms with Gasteiger partial charge in [-0.2, -0.15) is 0 Å². The molecule has 0 spiro atoms. The van der Waals surface area contributed by atoms with E-state index in [1.165, 1.54) is 10.4 Å². The van der Waals surface area contributed by atoms with Crippen LogP contribution in [0.25, 0.3) is 0 Å². The first kappa shape index (κ1) is 14.0. The number of nitrogens with zero attached hydrogens (tertiary/aromatic N) is 2. The first-order valence-electron chi connectivity index (χ1n) is 6.68. The third-order valence-corrected chi connectivity index (χ3v) is 4.82.